The number of hydrogen-bond acceptors (Lipinski definition) is 4. The number of fused-ring (bicyclic) bond motifs is 1. The third-order valence-corrected chi connectivity index (χ3v) is 2.19. The number of primary amides is 1. The van der Waals surface area contributed by atoms with Gasteiger partial charge in [0.1, 0.15) is 11.6 Å². The minimum atomic E-state index is -0.806. The number of oxazole rings is 1. The SMILES string of the molecule is Cc1nc2ccc(C(N)C(N)=O)cc2o1. The van der Waals surface area contributed by atoms with E-state index in [2.05, 4.69) is 4.98 Å². The van der Waals surface area contributed by atoms with Crippen LogP contribution in [0.15, 0.2) is 22.6 Å². The van der Waals surface area contributed by atoms with Crippen LogP contribution in [0.2, 0.25) is 0 Å². The number of carbonyl (C=O) groups is 1. The van der Waals surface area contributed by atoms with Gasteiger partial charge in [0.2, 0.25) is 5.91 Å². The fourth-order valence-electron chi connectivity index (χ4n) is 1.41. The monoisotopic (exact) mass is 205 g/mol. The zero-order chi connectivity index (χ0) is 11.0. The van der Waals surface area contributed by atoms with Gasteiger partial charge in [0.25, 0.3) is 0 Å². The molecule has 0 aliphatic carbocycles. The Morgan fingerprint density at radius 3 is 2.93 bits per heavy atom. The number of amides is 1. The average Bonchev–Trinajstić information content (AvgIpc) is 2.55. The maximum Gasteiger partial charge on any atom is 0.238 e. The first-order chi connectivity index (χ1) is 7.08. The van der Waals surface area contributed by atoms with Gasteiger partial charge in [0.15, 0.2) is 11.5 Å². The van der Waals surface area contributed by atoms with Gasteiger partial charge in [-0.15, -0.1) is 0 Å². The van der Waals surface area contributed by atoms with Crippen LogP contribution in [0, 0.1) is 6.92 Å². The van der Waals surface area contributed by atoms with Crippen molar-refractivity contribution in [3.8, 4) is 0 Å². The number of benzene rings is 1. The summed E-state index contributed by atoms with van der Waals surface area (Å²) >= 11 is 0. The maximum absolute atomic E-state index is 10.9. The molecule has 0 radical (unpaired) electrons. The van der Waals surface area contributed by atoms with Crippen LogP contribution in [0.5, 0.6) is 0 Å². The molecular weight excluding hydrogens is 194 g/mol. The van der Waals surface area contributed by atoms with E-state index in [1.165, 1.54) is 0 Å². The molecule has 5 heteroatoms. The summed E-state index contributed by atoms with van der Waals surface area (Å²) < 4.78 is 5.32. The molecule has 1 amide bonds. The Morgan fingerprint density at radius 1 is 1.53 bits per heavy atom. The van der Waals surface area contributed by atoms with Gasteiger partial charge in [-0.05, 0) is 17.7 Å². The lowest BCUT2D eigenvalue weighted by molar-refractivity contribution is -0.119. The molecular formula is C10H11N3O2. The van der Waals surface area contributed by atoms with Crippen LogP contribution in [0.4, 0.5) is 0 Å². The lowest BCUT2D eigenvalue weighted by atomic mass is 10.1. The second-order valence-corrected chi connectivity index (χ2v) is 3.34. The molecule has 4 N–H and O–H groups in total. The van der Waals surface area contributed by atoms with E-state index in [-0.39, 0.29) is 0 Å². The molecule has 1 heterocycles. The molecule has 78 valence electrons. The minimum Gasteiger partial charge on any atom is -0.441 e. The van der Waals surface area contributed by atoms with Crippen LogP contribution in [-0.4, -0.2) is 10.9 Å². The molecule has 1 aromatic carbocycles. The first-order valence-electron chi connectivity index (χ1n) is 4.50. The molecule has 0 aliphatic heterocycles. The zero-order valence-electron chi connectivity index (χ0n) is 8.23. The van der Waals surface area contributed by atoms with Crippen LogP contribution >= 0.6 is 0 Å². The van der Waals surface area contributed by atoms with E-state index in [4.69, 9.17) is 15.9 Å². The second-order valence-electron chi connectivity index (χ2n) is 3.34. The lowest BCUT2D eigenvalue weighted by Crippen LogP contribution is -2.28. The van der Waals surface area contributed by atoms with E-state index in [1.54, 1.807) is 25.1 Å². The normalized spacial score (nSPS) is 12.9. The molecule has 0 spiro atoms. The Hall–Kier alpha value is -1.88. The van der Waals surface area contributed by atoms with Crippen LogP contribution in [0.25, 0.3) is 11.1 Å². The molecule has 2 rings (SSSR count). The summed E-state index contributed by atoms with van der Waals surface area (Å²) in [6, 6.07) is 4.36. The van der Waals surface area contributed by atoms with E-state index in [0.29, 0.717) is 17.0 Å². The molecule has 0 saturated carbocycles. The molecule has 15 heavy (non-hydrogen) atoms. The van der Waals surface area contributed by atoms with Gasteiger partial charge in [-0.3, -0.25) is 4.79 Å². The topological polar surface area (TPSA) is 95.1 Å². The number of nitrogens with two attached hydrogens (primary N) is 2. The Morgan fingerprint density at radius 2 is 2.27 bits per heavy atom. The van der Waals surface area contributed by atoms with E-state index in [0.717, 1.165) is 5.52 Å². The molecule has 0 aliphatic rings. The maximum atomic E-state index is 10.9. The summed E-state index contributed by atoms with van der Waals surface area (Å²) in [4.78, 5) is 15.0. The number of rotatable bonds is 2. The van der Waals surface area contributed by atoms with Crippen molar-refractivity contribution in [2.45, 2.75) is 13.0 Å². The van der Waals surface area contributed by atoms with Crippen molar-refractivity contribution in [2.75, 3.05) is 0 Å². The predicted octanol–water partition coefficient (Wildman–Crippen LogP) is 0.621. The molecule has 1 atom stereocenters. The highest BCUT2D eigenvalue weighted by Gasteiger charge is 2.13. The Labute approximate surface area is 86.1 Å². The fraction of sp³-hybridized carbons (Fsp3) is 0.200. The Balaban J connectivity index is 2.50. The van der Waals surface area contributed by atoms with Crippen LogP contribution in [0.3, 0.4) is 0 Å². The van der Waals surface area contributed by atoms with Gasteiger partial charge in [0, 0.05) is 6.92 Å². The van der Waals surface area contributed by atoms with Crippen molar-refractivity contribution in [1.82, 2.24) is 4.98 Å². The zero-order valence-corrected chi connectivity index (χ0v) is 8.23. The van der Waals surface area contributed by atoms with Gasteiger partial charge in [-0.2, -0.15) is 0 Å². The van der Waals surface area contributed by atoms with Crippen molar-refractivity contribution >= 4 is 17.0 Å². The van der Waals surface area contributed by atoms with Crippen molar-refractivity contribution in [3.05, 3.63) is 29.7 Å². The highest BCUT2D eigenvalue weighted by Crippen LogP contribution is 2.19. The Bertz CT molecular complexity index is 518. The van der Waals surface area contributed by atoms with E-state index < -0.39 is 11.9 Å². The molecule has 5 nitrogen and oxygen atoms in total. The van der Waals surface area contributed by atoms with Gasteiger partial charge in [-0.1, -0.05) is 6.07 Å². The summed E-state index contributed by atoms with van der Waals surface area (Å²) in [5, 5.41) is 0. The number of aromatic nitrogens is 1. The first-order valence-corrected chi connectivity index (χ1v) is 4.50. The van der Waals surface area contributed by atoms with Crippen molar-refractivity contribution in [2.24, 2.45) is 11.5 Å². The van der Waals surface area contributed by atoms with Crippen LogP contribution in [-0.2, 0) is 4.79 Å². The van der Waals surface area contributed by atoms with Crippen LogP contribution < -0.4 is 11.5 Å². The summed E-state index contributed by atoms with van der Waals surface area (Å²) in [5.41, 5.74) is 12.7. The highest BCUT2D eigenvalue weighted by atomic mass is 16.3. The third-order valence-electron chi connectivity index (χ3n) is 2.19. The van der Waals surface area contributed by atoms with Gasteiger partial charge >= 0.3 is 0 Å². The average molecular weight is 205 g/mol. The molecule has 0 fully saturated rings. The number of hydrogen-bond donors (Lipinski definition) is 2. The molecule has 1 unspecified atom stereocenters. The van der Waals surface area contributed by atoms with Gasteiger partial charge in [0.05, 0.1) is 0 Å². The largest absolute Gasteiger partial charge is 0.441 e. The first kappa shape index (κ1) is 9.67. The van der Waals surface area contributed by atoms with Crippen molar-refractivity contribution in [3.63, 3.8) is 0 Å². The minimum absolute atomic E-state index is 0.564. The molecule has 0 saturated heterocycles. The number of nitrogens with zero attached hydrogens (tertiary/aromatic N) is 1. The van der Waals surface area contributed by atoms with Crippen molar-refractivity contribution in [1.29, 1.82) is 0 Å². The fourth-order valence-corrected chi connectivity index (χ4v) is 1.41. The highest BCUT2D eigenvalue weighted by molar-refractivity contribution is 5.83. The smallest absolute Gasteiger partial charge is 0.238 e. The Kier molecular flexibility index (Phi) is 2.17. The summed E-state index contributed by atoms with van der Waals surface area (Å²) in [6.45, 7) is 1.76. The molecule has 2 aromatic rings. The third kappa shape index (κ3) is 1.69. The van der Waals surface area contributed by atoms with E-state index >= 15 is 0 Å². The second kappa shape index (κ2) is 3.36. The summed E-state index contributed by atoms with van der Waals surface area (Å²) in [6.07, 6.45) is 0. The summed E-state index contributed by atoms with van der Waals surface area (Å²) in [7, 11) is 0. The van der Waals surface area contributed by atoms with E-state index in [1.807, 2.05) is 0 Å². The van der Waals surface area contributed by atoms with Crippen LogP contribution in [0.1, 0.15) is 17.5 Å². The standard InChI is InChI=1S/C10H11N3O2/c1-5-13-7-3-2-6(4-8(7)15-5)9(11)10(12)14/h2-4,9H,11H2,1H3,(H2,12,14). The van der Waals surface area contributed by atoms with Gasteiger partial charge < -0.3 is 15.9 Å². The van der Waals surface area contributed by atoms with Gasteiger partial charge in [-0.25, -0.2) is 4.98 Å². The van der Waals surface area contributed by atoms with E-state index in [9.17, 15) is 4.79 Å². The number of carbonyl (C=O) groups excluding carboxylic acids is 1. The summed E-state index contributed by atoms with van der Waals surface area (Å²) in [5.74, 6) is 0.0142. The number of aryl methyl sites for hydroxylation is 1. The lowest BCUT2D eigenvalue weighted by Gasteiger charge is -2.06. The van der Waals surface area contributed by atoms with Crippen molar-refractivity contribution < 1.29 is 9.21 Å². The molecule has 1 aromatic heterocycles. The quantitative estimate of drug-likeness (QED) is 0.751. The molecule has 0 bridgehead atoms. The predicted molar refractivity (Wildman–Crippen MR) is 54.9 cm³/mol.